The van der Waals surface area contributed by atoms with Gasteiger partial charge in [-0.15, -0.1) is 0 Å². The van der Waals surface area contributed by atoms with E-state index in [1.807, 2.05) is 39.8 Å². The minimum atomic E-state index is -0.388. The molecule has 8 heteroatoms. The predicted octanol–water partition coefficient (Wildman–Crippen LogP) is 5.84. The van der Waals surface area contributed by atoms with Gasteiger partial charge >= 0.3 is 5.97 Å². The largest absolute Gasteiger partial charge is 0.466 e. The zero-order chi connectivity index (χ0) is 27.5. The summed E-state index contributed by atoms with van der Waals surface area (Å²) in [6, 6.07) is 15.2. The number of carbonyl (C=O) groups excluding carboxylic acids is 2. The second-order valence-electron chi connectivity index (χ2n) is 11.2. The molecule has 2 aromatic carbocycles. The maximum absolute atomic E-state index is 15.4. The lowest BCUT2D eigenvalue weighted by Gasteiger charge is -2.35. The lowest BCUT2D eigenvalue weighted by molar-refractivity contribution is -0.144. The highest BCUT2D eigenvalue weighted by atomic mass is 19.1. The molecule has 40 heavy (non-hydrogen) atoms. The molecule has 204 valence electrons. The number of fused-ring (bicyclic) bond motifs is 2. The Hall–Kier alpha value is -4.07. The van der Waals surface area contributed by atoms with Gasteiger partial charge in [0, 0.05) is 24.0 Å². The van der Waals surface area contributed by atoms with Crippen molar-refractivity contribution >= 4 is 17.7 Å². The van der Waals surface area contributed by atoms with Crippen LogP contribution in [0.2, 0.25) is 0 Å². The summed E-state index contributed by atoms with van der Waals surface area (Å²) in [7, 11) is 0. The maximum Gasteiger partial charge on any atom is 0.309 e. The Balaban J connectivity index is 1.20. The van der Waals surface area contributed by atoms with E-state index in [2.05, 4.69) is 29.0 Å². The molecule has 1 unspecified atom stereocenters. The van der Waals surface area contributed by atoms with E-state index in [9.17, 15) is 9.59 Å². The van der Waals surface area contributed by atoms with Gasteiger partial charge in [-0.25, -0.2) is 14.4 Å². The van der Waals surface area contributed by atoms with Crippen LogP contribution in [0.3, 0.4) is 0 Å². The molecule has 2 fully saturated rings. The summed E-state index contributed by atoms with van der Waals surface area (Å²) < 4.78 is 22.4. The second-order valence-corrected chi connectivity index (χ2v) is 11.2. The van der Waals surface area contributed by atoms with Crippen LogP contribution in [0.5, 0.6) is 0 Å². The molecular weight excluding hydrogens is 507 g/mol. The summed E-state index contributed by atoms with van der Waals surface area (Å²) >= 11 is 0. The Morgan fingerprint density at radius 2 is 1.93 bits per heavy atom. The second kappa shape index (κ2) is 9.54. The lowest BCUT2D eigenvalue weighted by Crippen LogP contribution is -2.39. The number of esters is 1. The predicted molar refractivity (Wildman–Crippen MR) is 147 cm³/mol. The third-order valence-electron chi connectivity index (χ3n) is 8.62. The third kappa shape index (κ3) is 4.26. The molecule has 3 aliphatic rings. The molecule has 0 bridgehead atoms. The van der Waals surface area contributed by atoms with Crippen LogP contribution in [-0.2, 0) is 16.0 Å². The monoisotopic (exact) mass is 538 g/mol. The van der Waals surface area contributed by atoms with Gasteiger partial charge in [0.25, 0.3) is 5.91 Å². The molecule has 4 aromatic rings. The van der Waals surface area contributed by atoms with Gasteiger partial charge in [0.05, 0.1) is 24.3 Å². The van der Waals surface area contributed by atoms with E-state index in [-0.39, 0.29) is 35.6 Å². The molecule has 7 nitrogen and oxygen atoms in total. The first-order valence-corrected chi connectivity index (χ1v) is 14.2. The van der Waals surface area contributed by atoms with Gasteiger partial charge in [0.2, 0.25) is 5.78 Å². The molecule has 7 rings (SSSR count). The summed E-state index contributed by atoms with van der Waals surface area (Å²) in [4.78, 5) is 37.0. The number of hydrogen-bond donors (Lipinski definition) is 0. The number of halogens is 1. The van der Waals surface area contributed by atoms with Crippen molar-refractivity contribution in [2.45, 2.75) is 57.4 Å². The van der Waals surface area contributed by atoms with E-state index < -0.39 is 0 Å². The van der Waals surface area contributed by atoms with Crippen molar-refractivity contribution in [3.8, 4) is 11.3 Å². The van der Waals surface area contributed by atoms with Gasteiger partial charge in [0.1, 0.15) is 11.5 Å². The number of aromatic nitrogens is 3. The fraction of sp³-hybridized carbons (Fsp3) is 0.375. The fourth-order valence-electron chi connectivity index (χ4n) is 6.16. The van der Waals surface area contributed by atoms with Gasteiger partial charge in [-0.1, -0.05) is 30.3 Å². The maximum atomic E-state index is 15.4. The molecule has 0 spiro atoms. The molecule has 0 N–H and O–H groups in total. The number of imidazole rings is 1. The molecule has 0 radical (unpaired) electrons. The van der Waals surface area contributed by atoms with E-state index in [0.717, 1.165) is 30.5 Å². The molecule has 1 aliphatic heterocycles. The topological polar surface area (TPSA) is 76.8 Å². The van der Waals surface area contributed by atoms with Gasteiger partial charge in [-0.2, -0.15) is 0 Å². The molecule has 1 amide bonds. The Bertz CT molecular complexity index is 1660. The summed E-state index contributed by atoms with van der Waals surface area (Å²) in [5.41, 5.74) is 5.47. The normalized spacial score (nSPS) is 21.8. The molecule has 2 aromatic heterocycles. The number of hydrogen-bond acceptors (Lipinski definition) is 5. The highest BCUT2D eigenvalue weighted by Gasteiger charge is 2.45. The number of amides is 1. The Kier molecular flexibility index (Phi) is 5.95. The lowest BCUT2D eigenvalue weighted by atomic mass is 9.93. The number of carbonyl (C=O) groups is 2. The van der Waals surface area contributed by atoms with Gasteiger partial charge in [-0.05, 0) is 86.3 Å². The van der Waals surface area contributed by atoms with Crippen molar-refractivity contribution in [2.24, 2.45) is 5.92 Å². The highest BCUT2D eigenvalue weighted by molar-refractivity contribution is 5.93. The number of rotatable bonds is 6. The zero-order valence-electron chi connectivity index (χ0n) is 22.6. The van der Waals surface area contributed by atoms with Crippen LogP contribution < -0.4 is 0 Å². The summed E-state index contributed by atoms with van der Waals surface area (Å²) in [6.45, 7) is 4.83. The summed E-state index contributed by atoms with van der Waals surface area (Å²) in [6.07, 6.45) is 5.40. The van der Waals surface area contributed by atoms with Crippen molar-refractivity contribution in [2.75, 3.05) is 13.2 Å². The van der Waals surface area contributed by atoms with Gasteiger partial charge < -0.3 is 9.64 Å². The van der Waals surface area contributed by atoms with Gasteiger partial charge in [0.15, 0.2) is 0 Å². The quantitative estimate of drug-likeness (QED) is 0.288. The van der Waals surface area contributed by atoms with Crippen LogP contribution in [-0.4, -0.2) is 44.3 Å². The van der Waals surface area contributed by atoms with E-state index in [4.69, 9.17) is 4.74 Å². The molecule has 0 saturated heterocycles. The first kappa shape index (κ1) is 24.9. The van der Waals surface area contributed by atoms with E-state index in [0.29, 0.717) is 48.2 Å². The first-order valence-electron chi connectivity index (χ1n) is 14.2. The van der Waals surface area contributed by atoms with Crippen molar-refractivity contribution in [3.05, 3.63) is 88.6 Å². The highest BCUT2D eigenvalue weighted by Crippen LogP contribution is 2.49. The van der Waals surface area contributed by atoms with Crippen molar-refractivity contribution in [3.63, 3.8) is 0 Å². The van der Waals surface area contributed by atoms with E-state index in [1.54, 1.807) is 13.0 Å². The summed E-state index contributed by atoms with van der Waals surface area (Å²) in [5, 5.41) is 0. The molecule has 2 saturated carbocycles. The van der Waals surface area contributed by atoms with E-state index >= 15 is 4.39 Å². The van der Waals surface area contributed by atoms with Crippen molar-refractivity contribution in [1.29, 1.82) is 0 Å². The van der Waals surface area contributed by atoms with Crippen LogP contribution in [0.25, 0.3) is 17.0 Å². The molecular formula is C32H31FN4O3. The standard InChI is InChI=1S/C32H31FN4O3/c1-3-40-31(39)25-15-24(25)21-10-11-23(26(33)14-21)28-17-37-29(20-8-9-20)16-27(34-32(37)35-28)30(38)36-13-12-19-6-4-5-7-22(19)18(36)2/h4-7,10-11,14,16-18,20,24-25H,3,8-9,12-13,15H2,1-2H3/t18-,24?,25+/m1/s1. The number of benzene rings is 2. The SMILES string of the molecule is CCOC(=O)[C@H]1CC1c1ccc(-c2cn3c(C4CC4)cc(C(=O)N4CCc5ccccc5[C@H]4C)nc3n2)c(F)c1. The average molecular weight is 539 g/mol. The van der Waals surface area contributed by atoms with Crippen LogP contribution >= 0.6 is 0 Å². The number of ether oxygens (including phenoxy) is 1. The van der Waals surface area contributed by atoms with Gasteiger partial charge in [-0.3, -0.25) is 14.0 Å². The van der Waals surface area contributed by atoms with Crippen LogP contribution in [0.1, 0.15) is 83.9 Å². The van der Waals surface area contributed by atoms with Crippen molar-refractivity contribution < 1.29 is 18.7 Å². The van der Waals surface area contributed by atoms with Crippen LogP contribution in [0.4, 0.5) is 4.39 Å². The Labute approximate surface area is 232 Å². The fourth-order valence-corrected chi connectivity index (χ4v) is 6.16. The average Bonchev–Trinajstić information content (AvgIpc) is 3.89. The first-order chi connectivity index (χ1) is 19.4. The summed E-state index contributed by atoms with van der Waals surface area (Å²) in [5.74, 6) is -0.180. The molecule has 2 aliphatic carbocycles. The van der Waals surface area contributed by atoms with Crippen molar-refractivity contribution in [1.82, 2.24) is 19.3 Å². The molecule has 3 heterocycles. The van der Waals surface area contributed by atoms with Crippen LogP contribution in [0, 0.1) is 11.7 Å². The smallest absolute Gasteiger partial charge is 0.309 e. The Morgan fingerprint density at radius 1 is 1.10 bits per heavy atom. The zero-order valence-corrected chi connectivity index (χ0v) is 22.6. The minimum Gasteiger partial charge on any atom is -0.466 e. The number of nitrogens with zero attached hydrogens (tertiary/aromatic N) is 4. The van der Waals surface area contributed by atoms with E-state index in [1.165, 1.54) is 17.2 Å². The Morgan fingerprint density at radius 3 is 2.70 bits per heavy atom. The molecule has 3 atom stereocenters. The minimum absolute atomic E-state index is 0.00970. The third-order valence-corrected chi connectivity index (χ3v) is 8.62. The van der Waals surface area contributed by atoms with Crippen LogP contribution in [0.15, 0.2) is 54.7 Å².